The van der Waals surface area contributed by atoms with Crippen molar-refractivity contribution in [2.75, 3.05) is 0 Å². The minimum atomic E-state index is -0.613. The number of carbonyl (C=O) groups is 1. The second-order valence-electron chi connectivity index (χ2n) is 4.65. The van der Waals surface area contributed by atoms with Gasteiger partial charge in [-0.25, -0.2) is 0 Å². The largest absolute Gasteiger partial charge is 0.461 e. The predicted molar refractivity (Wildman–Crippen MR) is 79.7 cm³/mol. The Labute approximate surface area is 130 Å². The molecule has 0 radical (unpaired) electrons. The van der Waals surface area contributed by atoms with Crippen molar-refractivity contribution in [3.8, 4) is 0 Å². The molecular weight excluding hydrogens is 304 g/mol. The lowest BCUT2D eigenvalue weighted by Crippen LogP contribution is -2.09. The van der Waals surface area contributed by atoms with E-state index in [0.29, 0.717) is 5.56 Å². The number of ether oxygens (including phenoxy) is 1. The van der Waals surface area contributed by atoms with Gasteiger partial charge < -0.3 is 4.74 Å². The summed E-state index contributed by atoms with van der Waals surface area (Å²) in [6.45, 7) is -0.0581. The smallest absolute Gasteiger partial charge is 0.310 e. The number of para-hydroxylation sites is 1. The van der Waals surface area contributed by atoms with Gasteiger partial charge in [-0.3, -0.25) is 25.0 Å². The van der Waals surface area contributed by atoms with Gasteiger partial charge in [-0.1, -0.05) is 18.2 Å². The van der Waals surface area contributed by atoms with E-state index in [1.807, 2.05) is 0 Å². The normalized spacial score (nSPS) is 10.1. The number of hydrogen-bond acceptors (Lipinski definition) is 6. The van der Waals surface area contributed by atoms with E-state index in [-0.39, 0.29) is 30.0 Å². The average Bonchev–Trinajstić information content (AvgIpc) is 2.53. The van der Waals surface area contributed by atoms with E-state index < -0.39 is 15.8 Å². The lowest BCUT2D eigenvalue weighted by atomic mass is 10.1. The number of esters is 1. The van der Waals surface area contributed by atoms with E-state index in [0.717, 1.165) is 0 Å². The van der Waals surface area contributed by atoms with Crippen LogP contribution in [0.3, 0.4) is 0 Å². The quantitative estimate of drug-likeness (QED) is 0.460. The fourth-order valence-corrected chi connectivity index (χ4v) is 1.92. The molecule has 0 aromatic heterocycles. The highest BCUT2D eigenvalue weighted by Crippen LogP contribution is 2.19. The summed E-state index contributed by atoms with van der Waals surface area (Å²) < 4.78 is 5.04. The maximum absolute atomic E-state index is 11.8. The molecule has 2 rings (SSSR count). The molecule has 0 N–H and O–H groups in total. The first-order valence-corrected chi connectivity index (χ1v) is 6.58. The van der Waals surface area contributed by atoms with Gasteiger partial charge in [0, 0.05) is 23.8 Å². The van der Waals surface area contributed by atoms with Crippen LogP contribution in [0.15, 0.2) is 48.5 Å². The standard InChI is InChI=1S/C15H12N2O6/c18-15(9-12-3-1-2-4-14(12)17(21)22)23-10-11-5-7-13(8-6-11)16(19)20/h1-8H,9-10H2. The molecule has 8 nitrogen and oxygen atoms in total. The zero-order valence-electron chi connectivity index (χ0n) is 11.9. The molecule has 0 aliphatic rings. The van der Waals surface area contributed by atoms with Crippen LogP contribution in [0.4, 0.5) is 11.4 Å². The van der Waals surface area contributed by atoms with Crippen molar-refractivity contribution < 1.29 is 19.4 Å². The maximum atomic E-state index is 11.8. The highest BCUT2D eigenvalue weighted by atomic mass is 16.6. The zero-order chi connectivity index (χ0) is 16.8. The number of nitrogens with zero attached hydrogens (tertiary/aromatic N) is 2. The third-order valence-electron chi connectivity index (χ3n) is 3.07. The molecule has 0 bridgehead atoms. The van der Waals surface area contributed by atoms with E-state index in [4.69, 9.17) is 4.74 Å². The number of nitro benzene ring substituents is 2. The summed E-state index contributed by atoms with van der Waals surface area (Å²) in [5, 5.41) is 21.4. The molecule has 0 unspecified atom stereocenters. The zero-order valence-corrected chi connectivity index (χ0v) is 11.9. The second kappa shape index (κ2) is 7.12. The average molecular weight is 316 g/mol. The summed E-state index contributed by atoms with van der Waals surface area (Å²) in [5.41, 5.74) is 0.664. The van der Waals surface area contributed by atoms with Gasteiger partial charge in [-0.05, 0) is 17.7 Å². The Morgan fingerprint density at radius 3 is 2.22 bits per heavy atom. The maximum Gasteiger partial charge on any atom is 0.310 e. The molecule has 0 heterocycles. The van der Waals surface area contributed by atoms with Crippen LogP contribution in [0.1, 0.15) is 11.1 Å². The lowest BCUT2D eigenvalue weighted by molar-refractivity contribution is -0.385. The number of nitro groups is 2. The molecule has 0 fully saturated rings. The molecule has 0 aliphatic carbocycles. The van der Waals surface area contributed by atoms with Crippen LogP contribution < -0.4 is 0 Å². The first-order valence-electron chi connectivity index (χ1n) is 6.58. The highest BCUT2D eigenvalue weighted by molar-refractivity contribution is 5.74. The van der Waals surface area contributed by atoms with Gasteiger partial charge in [0.25, 0.3) is 11.4 Å². The second-order valence-corrected chi connectivity index (χ2v) is 4.65. The van der Waals surface area contributed by atoms with Gasteiger partial charge in [0.05, 0.1) is 16.3 Å². The SMILES string of the molecule is O=C(Cc1ccccc1[N+](=O)[O-])OCc1ccc([N+](=O)[O-])cc1. The van der Waals surface area contributed by atoms with E-state index in [2.05, 4.69) is 0 Å². The Balaban J connectivity index is 1.95. The predicted octanol–water partition coefficient (Wildman–Crippen LogP) is 2.79. The lowest BCUT2D eigenvalue weighted by Gasteiger charge is -2.05. The first kappa shape index (κ1) is 16.1. The molecule has 8 heteroatoms. The molecule has 0 spiro atoms. The van der Waals surface area contributed by atoms with Crippen LogP contribution >= 0.6 is 0 Å². The molecule has 0 amide bonds. The molecular formula is C15H12N2O6. The highest BCUT2D eigenvalue weighted by Gasteiger charge is 2.16. The Morgan fingerprint density at radius 2 is 1.61 bits per heavy atom. The molecule has 0 atom stereocenters. The number of benzene rings is 2. The summed E-state index contributed by atoms with van der Waals surface area (Å²) in [5.74, 6) is -0.613. The van der Waals surface area contributed by atoms with Crippen LogP contribution in [0.25, 0.3) is 0 Å². The Kier molecular flexibility index (Phi) is 4.98. The van der Waals surface area contributed by atoms with Crippen LogP contribution in [0.5, 0.6) is 0 Å². The van der Waals surface area contributed by atoms with Gasteiger partial charge in [0.15, 0.2) is 0 Å². The summed E-state index contributed by atoms with van der Waals surface area (Å²) >= 11 is 0. The van der Waals surface area contributed by atoms with Crippen molar-refractivity contribution in [2.45, 2.75) is 13.0 Å². The van der Waals surface area contributed by atoms with E-state index >= 15 is 0 Å². The van der Waals surface area contributed by atoms with E-state index in [9.17, 15) is 25.0 Å². The van der Waals surface area contributed by atoms with Gasteiger partial charge in [0.1, 0.15) is 6.61 Å². The molecule has 0 saturated heterocycles. The number of rotatable bonds is 6. The fourth-order valence-electron chi connectivity index (χ4n) is 1.92. The fraction of sp³-hybridized carbons (Fsp3) is 0.133. The minimum Gasteiger partial charge on any atom is -0.461 e. The molecule has 0 saturated carbocycles. The van der Waals surface area contributed by atoms with E-state index in [1.54, 1.807) is 6.07 Å². The summed E-state index contributed by atoms with van der Waals surface area (Å²) in [4.78, 5) is 32.1. The van der Waals surface area contributed by atoms with Gasteiger partial charge in [-0.15, -0.1) is 0 Å². The van der Waals surface area contributed by atoms with Crippen molar-refractivity contribution in [2.24, 2.45) is 0 Å². The van der Waals surface area contributed by atoms with Crippen molar-refractivity contribution in [1.29, 1.82) is 0 Å². The van der Waals surface area contributed by atoms with Crippen LogP contribution in [0.2, 0.25) is 0 Å². The summed E-state index contributed by atoms with van der Waals surface area (Å²) in [6.07, 6.45) is -0.218. The number of non-ortho nitro benzene ring substituents is 1. The van der Waals surface area contributed by atoms with Crippen molar-refractivity contribution in [3.63, 3.8) is 0 Å². The Hall–Kier alpha value is -3.29. The Morgan fingerprint density at radius 1 is 0.957 bits per heavy atom. The van der Waals surface area contributed by atoms with E-state index in [1.165, 1.54) is 42.5 Å². The summed E-state index contributed by atoms with van der Waals surface area (Å²) in [6, 6.07) is 11.5. The monoisotopic (exact) mass is 316 g/mol. The topological polar surface area (TPSA) is 113 Å². The molecule has 23 heavy (non-hydrogen) atoms. The number of carbonyl (C=O) groups excluding carboxylic acids is 1. The summed E-state index contributed by atoms with van der Waals surface area (Å²) in [7, 11) is 0. The van der Waals surface area contributed by atoms with Crippen LogP contribution in [-0.4, -0.2) is 15.8 Å². The molecule has 2 aromatic rings. The third kappa shape index (κ3) is 4.34. The van der Waals surface area contributed by atoms with Gasteiger partial charge >= 0.3 is 5.97 Å². The van der Waals surface area contributed by atoms with Crippen LogP contribution in [-0.2, 0) is 22.6 Å². The molecule has 0 aliphatic heterocycles. The van der Waals surface area contributed by atoms with Crippen LogP contribution in [0, 0.1) is 20.2 Å². The molecule has 2 aromatic carbocycles. The van der Waals surface area contributed by atoms with Crippen molar-refractivity contribution in [3.05, 3.63) is 79.9 Å². The van der Waals surface area contributed by atoms with Crippen molar-refractivity contribution >= 4 is 17.3 Å². The number of hydrogen-bond donors (Lipinski definition) is 0. The Bertz CT molecular complexity index is 742. The third-order valence-corrected chi connectivity index (χ3v) is 3.07. The van der Waals surface area contributed by atoms with Crippen molar-refractivity contribution in [1.82, 2.24) is 0 Å². The first-order chi connectivity index (χ1) is 11.0. The minimum absolute atomic E-state index is 0.0556. The molecule has 118 valence electrons. The van der Waals surface area contributed by atoms with Gasteiger partial charge in [0.2, 0.25) is 0 Å². The van der Waals surface area contributed by atoms with Gasteiger partial charge in [-0.2, -0.15) is 0 Å².